The maximum absolute atomic E-state index is 12.5. The molecule has 0 saturated carbocycles. The zero-order valence-corrected chi connectivity index (χ0v) is 16.4. The van der Waals surface area contributed by atoms with Gasteiger partial charge in [0.2, 0.25) is 21.6 Å². The first-order valence-electron chi connectivity index (χ1n) is 8.50. The van der Waals surface area contributed by atoms with Crippen LogP contribution in [-0.2, 0) is 14.8 Å². The molecule has 1 atom stereocenters. The zero-order valence-electron chi connectivity index (χ0n) is 15.5. The highest BCUT2D eigenvalue weighted by Crippen LogP contribution is 2.16. The van der Waals surface area contributed by atoms with Gasteiger partial charge >= 0.3 is 5.97 Å². The molecule has 0 bridgehead atoms. The molecule has 8 nitrogen and oxygen atoms in total. The molecule has 0 unspecified atom stereocenters. The maximum atomic E-state index is 12.5. The molecular formula is C20H17NO7S. The molecule has 1 heterocycles. The fourth-order valence-electron chi connectivity index (χ4n) is 2.63. The van der Waals surface area contributed by atoms with Crippen molar-refractivity contribution >= 4 is 38.4 Å². The van der Waals surface area contributed by atoms with E-state index in [0.717, 1.165) is 12.3 Å². The number of ketones is 1. The lowest BCUT2D eigenvalue weighted by atomic mass is 10.1. The second-order valence-electron chi connectivity index (χ2n) is 6.33. The Labute approximate surface area is 166 Å². The summed E-state index contributed by atoms with van der Waals surface area (Å²) in [5, 5.41) is 0.330. The molecule has 1 aromatic heterocycles. The molecule has 1 N–H and O–H groups in total. The topological polar surface area (TPSA) is 120 Å². The van der Waals surface area contributed by atoms with Crippen LogP contribution >= 0.6 is 0 Å². The third kappa shape index (κ3) is 4.88. The number of ether oxygens (including phenoxy) is 1. The Morgan fingerprint density at radius 1 is 1.07 bits per heavy atom. The molecular weight excluding hydrogens is 398 g/mol. The van der Waals surface area contributed by atoms with Gasteiger partial charge in [0.1, 0.15) is 5.58 Å². The number of benzene rings is 2. The average molecular weight is 415 g/mol. The first-order valence-corrected chi connectivity index (χ1v) is 10.4. The number of fused-ring (bicyclic) bond motifs is 1. The normalized spacial score (nSPS) is 12.3. The standard InChI is InChI=1S/C20H17NO7S/c1-12(19(23)13-7-9-14(10-8-13)21-29(2,25)26)27-20(24)18-11-16(22)15-5-3-4-6-17(15)28-18/h3-12,21H,1-2H3/t12-/m1/s1. The van der Waals surface area contributed by atoms with Crippen LogP contribution in [0.15, 0.2) is 63.8 Å². The van der Waals surface area contributed by atoms with Crippen molar-refractivity contribution < 1.29 is 27.2 Å². The maximum Gasteiger partial charge on any atom is 0.375 e. The van der Waals surface area contributed by atoms with E-state index in [2.05, 4.69) is 4.72 Å². The molecule has 29 heavy (non-hydrogen) atoms. The van der Waals surface area contributed by atoms with Crippen LogP contribution in [0.4, 0.5) is 5.69 Å². The van der Waals surface area contributed by atoms with Crippen molar-refractivity contribution in [2.24, 2.45) is 0 Å². The molecule has 0 aliphatic rings. The van der Waals surface area contributed by atoms with Crippen LogP contribution in [0.25, 0.3) is 11.0 Å². The minimum absolute atomic E-state index is 0.226. The summed E-state index contributed by atoms with van der Waals surface area (Å²) >= 11 is 0. The number of anilines is 1. The number of Topliss-reactive ketones (excluding diaryl/α,β-unsaturated/α-hetero) is 1. The molecule has 150 valence electrons. The number of para-hydroxylation sites is 1. The summed E-state index contributed by atoms with van der Waals surface area (Å²) in [5.41, 5.74) is 0.364. The van der Waals surface area contributed by atoms with Crippen molar-refractivity contribution in [2.75, 3.05) is 11.0 Å². The summed E-state index contributed by atoms with van der Waals surface area (Å²) in [5.74, 6) is -1.74. The molecule has 2 aromatic carbocycles. The van der Waals surface area contributed by atoms with Crippen molar-refractivity contribution in [3.05, 3.63) is 76.1 Å². The van der Waals surface area contributed by atoms with Gasteiger partial charge in [0, 0.05) is 17.3 Å². The molecule has 0 radical (unpaired) electrons. The molecule has 3 aromatic rings. The second kappa shape index (κ2) is 7.88. The molecule has 3 rings (SSSR count). The number of hydrogen-bond donors (Lipinski definition) is 1. The third-order valence-electron chi connectivity index (χ3n) is 3.96. The fourth-order valence-corrected chi connectivity index (χ4v) is 3.19. The highest BCUT2D eigenvalue weighted by Gasteiger charge is 2.22. The van der Waals surface area contributed by atoms with Gasteiger partial charge in [-0.2, -0.15) is 0 Å². The Hall–Kier alpha value is -3.46. The van der Waals surface area contributed by atoms with Crippen molar-refractivity contribution in [1.29, 1.82) is 0 Å². The Morgan fingerprint density at radius 2 is 1.72 bits per heavy atom. The Kier molecular flexibility index (Phi) is 5.51. The number of esters is 1. The van der Waals surface area contributed by atoms with Crippen LogP contribution in [-0.4, -0.2) is 32.5 Å². The summed E-state index contributed by atoms with van der Waals surface area (Å²) in [6.07, 6.45) is -0.133. The largest absolute Gasteiger partial charge is 0.449 e. The number of sulfonamides is 1. The predicted molar refractivity (Wildman–Crippen MR) is 107 cm³/mol. The lowest BCUT2D eigenvalue weighted by Crippen LogP contribution is -2.25. The van der Waals surface area contributed by atoms with Crippen molar-refractivity contribution in [3.63, 3.8) is 0 Å². The van der Waals surface area contributed by atoms with E-state index in [1.807, 2.05) is 0 Å². The summed E-state index contributed by atoms with van der Waals surface area (Å²) < 4.78 is 35.3. The Bertz CT molecular complexity index is 1240. The molecule has 9 heteroatoms. The van der Waals surface area contributed by atoms with Gasteiger partial charge in [0.15, 0.2) is 11.5 Å². The van der Waals surface area contributed by atoms with E-state index < -0.39 is 33.3 Å². The van der Waals surface area contributed by atoms with E-state index in [-0.39, 0.29) is 16.9 Å². The molecule has 0 aliphatic carbocycles. The zero-order chi connectivity index (χ0) is 21.2. The molecule has 0 aliphatic heterocycles. The fraction of sp³-hybridized carbons (Fsp3) is 0.150. The van der Waals surface area contributed by atoms with Crippen LogP contribution in [0.5, 0.6) is 0 Å². The van der Waals surface area contributed by atoms with E-state index in [1.54, 1.807) is 24.3 Å². The minimum Gasteiger partial charge on any atom is -0.449 e. The van der Waals surface area contributed by atoms with Gasteiger partial charge in [0.05, 0.1) is 11.6 Å². The van der Waals surface area contributed by atoms with Crippen molar-refractivity contribution in [2.45, 2.75) is 13.0 Å². The number of nitrogens with one attached hydrogen (secondary N) is 1. The third-order valence-corrected chi connectivity index (χ3v) is 4.57. The first kappa shape index (κ1) is 20.3. The Balaban J connectivity index is 1.74. The molecule has 0 saturated heterocycles. The van der Waals surface area contributed by atoms with Gasteiger partial charge in [-0.05, 0) is 43.3 Å². The van der Waals surface area contributed by atoms with E-state index in [1.165, 1.54) is 31.2 Å². The quantitative estimate of drug-likeness (QED) is 0.485. The van der Waals surface area contributed by atoms with Crippen LogP contribution in [0.2, 0.25) is 0 Å². The van der Waals surface area contributed by atoms with Gasteiger partial charge in [-0.25, -0.2) is 13.2 Å². The molecule has 0 fully saturated rings. The first-order chi connectivity index (χ1) is 13.6. The van der Waals surface area contributed by atoms with Gasteiger partial charge in [-0.15, -0.1) is 0 Å². The number of carbonyl (C=O) groups is 2. The monoisotopic (exact) mass is 415 g/mol. The average Bonchev–Trinajstić information content (AvgIpc) is 2.66. The highest BCUT2D eigenvalue weighted by atomic mass is 32.2. The lowest BCUT2D eigenvalue weighted by Gasteiger charge is -2.12. The second-order valence-corrected chi connectivity index (χ2v) is 8.08. The van der Waals surface area contributed by atoms with Crippen molar-refractivity contribution in [3.8, 4) is 0 Å². The van der Waals surface area contributed by atoms with E-state index in [0.29, 0.717) is 11.1 Å². The minimum atomic E-state index is -3.43. The SMILES string of the molecule is C[C@@H](OC(=O)c1cc(=O)c2ccccc2o1)C(=O)c1ccc(NS(C)(=O)=O)cc1. The smallest absolute Gasteiger partial charge is 0.375 e. The molecule has 0 amide bonds. The van der Waals surface area contributed by atoms with Crippen LogP contribution in [0.1, 0.15) is 27.8 Å². The number of hydrogen-bond acceptors (Lipinski definition) is 7. The van der Waals surface area contributed by atoms with Crippen LogP contribution < -0.4 is 10.2 Å². The van der Waals surface area contributed by atoms with Gasteiger partial charge in [0.25, 0.3) is 0 Å². The Morgan fingerprint density at radius 3 is 2.38 bits per heavy atom. The highest BCUT2D eigenvalue weighted by molar-refractivity contribution is 7.92. The van der Waals surface area contributed by atoms with E-state index in [9.17, 15) is 22.8 Å². The van der Waals surface area contributed by atoms with Crippen LogP contribution in [0.3, 0.4) is 0 Å². The van der Waals surface area contributed by atoms with Gasteiger partial charge < -0.3 is 9.15 Å². The summed E-state index contributed by atoms with van der Waals surface area (Å²) in [7, 11) is -3.43. The summed E-state index contributed by atoms with van der Waals surface area (Å²) in [6.45, 7) is 1.39. The predicted octanol–water partition coefficient (Wildman–Crippen LogP) is 2.59. The van der Waals surface area contributed by atoms with Crippen LogP contribution in [0, 0.1) is 0 Å². The summed E-state index contributed by atoms with van der Waals surface area (Å²) in [4.78, 5) is 36.9. The molecule has 0 spiro atoms. The number of carbonyl (C=O) groups excluding carboxylic acids is 2. The van der Waals surface area contributed by atoms with E-state index in [4.69, 9.17) is 9.15 Å². The van der Waals surface area contributed by atoms with Gasteiger partial charge in [-0.1, -0.05) is 12.1 Å². The van der Waals surface area contributed by atoms with Gasteiger partial charge in [-0.3, -0.25) is 14.3 Å². The van der Waals surface area contributed by atoms with E-state index >= 15 is 0 Å². The summed E-state index contributed by atoms with van der Waals surface area (Å²) in [6, 6.07) is 13.2. The van der Waals surface area contributed by atoms with Crippen molar-refractivity contribution in [1.82, 2.24) is 0 Å². The lowest BCUT2D eigenvalue weighted by molar-refractivity contribution is 0.0289. The number of rotatable bonds is 6.